The Kier molecular flexibility index (Phi) is 3.08. The third kappa shape index (κ3) is 2.47. The normalized spacial score (nSPS) is 15.1. The van der Waals surface area contributed by atoms with Crippen LogP contribution in [-0.2, 0) is 6.42 Å². The second-order valence-corrected chi connectivity index (χ2v) is 6.68. The molecule has 0 amide bonds. The van der Waals surface area contributed by atoms with Crippen molar-refractivity contribution >= 4 is 39.1 Å². The molecule has 2 N–H and O–H groups in total. The molecule has 0 radical (unpaired) electrons. The van der Waals surface area contributed by atoms with Crippen LogP contribution in [0.5, 0.6) is 0 Å². The molecule has 88 valence electrons. The summed E-state index contributed by atoms with van der Waals surface area (Å²) in [4.78, 5) is 5.85. The van der Waals surface area contributed by atoms with Gasteiger partial charge in [0.15, 0.2) is 5.13 Å². The van der Waals surface area contributed by atoms with Gasteiger partial charge in [-0.15, -0.1) is 11.3 Å². The first-order valence-corrected chi connectivity index (χ1v) is 7.62. The maximum Gasteiger partial charge on any atom is 0.180 e. The van der Waals surface area contributed by atoms with Crippen LogP contribution in [-0.4, -0.2) is 4.98 Å². The van der Waals surface area contributed by atoms with Gasteiger partial charge in [0, 0.05) is 20.8 Å². The van der Waals surface area contributed by atoms with Gasteiger partial charge in [-0.2, -0.15) is 0 Å². The molecule has 0 saturated heterocycles. The first kappa shape index (κ1) is 11.5. The smallest absolute Gasteiger partial charge is 0.180 e. The number of aromatic nitrogens is 1. The molecule has 0 aliphatic heterocycles. The molecule has 0 bridgehead atoms. The van der Waals surface area contributed by atoms with E-state index >= 15 is 0 Å². The Labute approximate surface area is 118 Å². The minimum atomic E-state index is 0.680. The maximum absolute atomic E-state index is 5.84. The molecule has 0 atom stereocenters. The average molecular weight is 356 g/mol. The molecule has 1 saturated carbocycles. The summed E-state index contributed by atoms with van der Waals surface area (Å²) in [6.07, 6.45) is 3.53. The van der Waals surface area contributed by atoms with Crippen molar-refractivity contribution < 1.29 is 0 Å². The van der Waals surface area contributed by atoms with Gasteiger partial charge in [-0.3, -0.25) is 0 Å². The Morgan fingerprint density at radius 2 is 2.12 bits per heavy atom. The summed E-state index contributed by atoms with van der Waals surface area (Å²) in [5.41, 5.74) is 8.47. The number of nitrogens with two attached hydrogens (primary N) is 1. The van der Waals surface area contributed by atoms with Crippen LogP contribution in [0.1, 0.15) is 34.9 Å². The van der Waals surface area contributed by atoms with E-state index < -0.39 is 0 Å². The van der Waals surface area contributed by atoms with Gasteiger partial charge in [-0.1, -0.05) is 18.2 Å². The van der Waals surface area contributed by atoms with Gasteiger partial charge in [-0.25, -0.2) is 4.98 Å². The quantitative estimate of drug-likeness (QED) is 0.850. The summed E-state index contributed by atoms with van der Waals surface area (Å²) >= 11 is 4.04. The van der Waals surface area contributed by atoms with Crippen LogP contribution in [0.15, 0.2) is 24.3 Å². The van der Waals surface area contributed by atoms with Crippen molar-refractivity contribution in [1.29, 1.82) is 0 Å². The lowest BCUT2D eigenvalue weighted by Gasteiger charge is -2.03. The highest BCUT2D eigenvalue weighted by Crippen LogP contribution is 2.43. The van der Waals surface area contributed by atoms with Crippen LogP contribution in [0, 0.1) is 3.57 Å². The van der Waals surface area contributed by atoms with Crippen molar-refractivity contribution in [1.82, 2.24) is 4.98 Å². The zero-order chi connectivity index (χ0) is 11.8. The summed E-state index contributed by atoms with van der Waals surface area (Å²) in [5, 5.41) is 0.716. The topological polar surface area (TPSA) is 38.9 Å². The monoisotopic (exact) mass is 356 g/mol. The number of benzene rings is 1. The summed E-state index contributed by atoms with van der Waals surface area (Å²) in [5.74, 6) is 0.680. The summed E-state index contributed by atoms with van der Waals surface area (Å²) in [6.45, 7) is 0. The minimum absolute atomic E-state index is 0.680. The van der Waals surface area contributed by atoms with Crippen LogP contribution in [0.2, 0.25) is 0 Å². The first-order valence-electron chi connectivity index (χ1n) is 5.72. The van der Waals surface area contributed by atoms with Crippen molar-refractivity contribution in [2.24, 2.45) is 0 Å². The molecule has 1 aliphatic carbocycles. The predicted molar refractivity (Wildman–Crippen MR) is 80.5 cm³/mol. The molecule has 2 nitrogen and oxygen atoms in total. The van der Waals surface area contributed by atoms with Gasteiger partial charge in [0.2, 0.25) is 0 Å². The van der Waals surface area contributed by atoms with Crippen LogP contribution >= 0.6 is 33.9 Å². The third-order valence-electron chi connectivity index (χ3n) is 3.02. The van der Waals surface area contributed by atoms with Gasteiger partial charge in [0.25, 0.3) is 0 Å². The molecule has 1 fully saturated rings. The number of nitrogens with zero attached hydrogens (tertiary/aromatic N) is 1. The third-order valence-corrected chi connectivity index (χ3v) is 4.97. The van der Waals surface area contributed by atoms with E-state index in [4.69, 9.17) is 5.73 Å². The van der Waals surface area contributed by atoms with E-state index in [0.29, 0.717) is 11.0 Å². The van der Waals surface area contributed by atoms with Crippen LogP contribution < -0.4 is 5.73 Å². The van der Waals surface area contributed by atoms with E-state index in [1.807, 2.05) is 0 Å². The fraction of sp³-hybridized carbons (Fsp3) is 0.308. The van der Waals surface area contributed by atoms with Gasteiger partial charge in [0.05, 0.1) is 5.69 Å². The number of halogens is 1. The van der Waals surface area contributed by atoms with Gasteiger partial charge < -0.3 is 5.73 Å². The number of hydrogen-bond donors (Lipinski definition) is 1. The van der Waals surface area contributed by atoms with Gasteiger partial charge >= 0.3 is 0 Å². The maximum atomic E-state index is 5.84. The fourth-order valence-electron chi connectivity index (χ4n) is 2.00. The lowest BCUT2D eigenvalue weighted by atomic mass is 10.1. The number of rotatable bonds is 3. The molecule has 2 aromatic rings. The molecule has 0 spiro atoms. The van der Waals surface area contributed by atoms with E-state index in [1.165, 1.54) is 32.5 Å². The van der Waals surface area contributed by atoms with Crippen molar-refractivity contribution in [3.05, 3.63) is 44.0 Å². The number of anilines is 1. The molecule has 17 heavy (non-hydrogen) atoms. The zero-order valence-corrected chi connectivity index (χ0v) is 12.3. The highest BCUT2D eigenvalue weighted by Gasteiger charge is 2.29. The molecule has 4 heteroatoms. The summed E-state index contributed by atoms with van der Waals surface area (Å²) in [7, 11) is 0. The lowest BCUT2D eigenvalue weighted by molar-refractivity contribution is 1.01. The molecule has 1 aromatic carbocycles. The second kappa shape index (κ2) is 4.57. The van der Waals surface area contributed by atoms with Crippen LogP contribution in [0.4, 0.5) is 5.13 Å². The predicted octanol–water partition coefficient (Wildman–Crippen LogP) is 3.80. The SMILES string of the molecule is Nc1nc(C2CC2)c(Cc2ccccc2I)s1. The minimum Gasteiger partial charge on any atom is -0.375 e. The van der Waals surface area contributed by atoms with Crippen molar-refractivity contribution in [2.45, 2.75) is 25.2 Å². The standard InChI is InChI=1S/C13H13IN2S/c14-10-4-2-1-3-9(10)7-11-12(8-5-6-8)16-13(15)17-11/h1-4,8H,5-7H2,(H2,15,16). The highest BCUT2D eigenvalue weighted by molar-refractivity contribution is 14.1. The van der Waals surface area contributed by atoms with Crippen molar-refractivity contribution in [3.8, 4) is 0 Å². The molecule has 0 unspecified atom stereocenters. The fourth-order valence-corrected chi connectivity index (χ4v) is 3.52. The average Bonchev–Trinajstić information content (AvgIpc) is 3.07. The molecule has 1 aromatic heterocycles. The van der Waals surface area contributed by atoms with E-state index in [2.05, 4.69) is 51.8 Å². The molecular weight excluding hydrogens is 343 g/mol. The molecular formula is C13H13IN2S. The first-order chi connectivity index (χ1) is 8.24. The van der Waals surface area contributed by atoms with E-state index in [-0.39, 0.29) is 0 Å². The Morgan fingerprint density at radius 1 is 1.35 bits per heavy atom. The Bertz CT molecular complexity index is 546. The van der Waals surface area contributed by atoms with E-state index in [9.17, 15) is 0 Å². The Hall–Kier alpha value is -0.620. The second-order valence-electron chi connectivity index (χ2n) is 4.40. The Balaban J connectivity index is 1.92. The van der Waals surface area contributed by atoms with Gasteiger partial charge in [-0.05, 0) is 47.1 Å². The highest BCUT2D eigenvalue weighted by atomic mass is 127. The van der Waals surface area contributed by atoms with Crippen LogP contribution in [0.25, 0.3) is 0 Å². The van der Waals surface area contributed by atoms with E-state index in [0.717, 1.165) is 6.42 Å². The molecule has 3 rings (SSSR count). The Morgan fingerprint density at radius 3 is 2.82 bits per heavy atom. The number of thiazole rings is 1. The molecule has 1 heterocycles. The summed E-state index contributed by atoms with van der Waals surface area (Å²) < 4.78 is 1.32. The van der Waals surface area contributed by atoms with Crippen LogP contribution in [0.3, 0.4) is 0 Å². The lowest BCUT2D eigenvalue weighted by Crippen LogP contribution is -1.93. The summed E-state index contributed by atoms with van der Waals surface area (Å²) in [6, 6.07) is 8.51. The van der Waals surface area contributed by atoms with E-state index in [1.54, 1.807) is 11.3 Å². The zero-order valence-electron chi connectivity index (χ0n) is 9.32. The van der Waals surface area contributed by atoms with Crippen molar-refractivity contribution in [3.63, 3.8) is 0 Å². The van der Waals surface area contributed by atoms with Gasteiger partial charge in [0.1, 0.15) is 0 Å². The largest absolute Gasteiger partial charge is 0.375 e. The number of hydrogen-bond acceptors (Lipinski definition) is 3. The van der Waals surface area contributed by atoms with Crippen molar-refractivity contribution in [2.75, 3.05) is 5.73 Å². The number of nitrogen functional groups attached to an aromatic ring is 1. The molecule has 1 aliphatic rings.